The van der Waals surface area contributed by atoms with Crippen LogP contribution in [0, 0.1) is 0 Å². The maximum atomic E-state index is 5.50. The molecule has 80 valence electrons. The van der Waals surface area contributed by atoms with Crippen LogP contribution in [-0.4, -0.2) is 43.1 Å². The number of halogens is 1. The number of hydrogen-bond acceptors (Lipinski definition) is 2. The van der Waals surface area contributed by atoms with E-state index in [2.05, 4.69) is 25.7 Å². The van der Waals surface area contributed by atoms with Crippen LogP contribution in [0.25, 0.3) is 0 Å². The summed E-state index contributed by atoms with van der Waals surface area (Å²) in [4.78, 5) is 2.42. The Bertz CT molecular complexity index is 111. The lowest BCUT2D eigenvalue weighted by Crippen LogP contribution is -2.35. The van der Waals surface area contributed by atoms with Gasteiger partial charge in [-0.15, -0.1) is 11.6 Å². The molecule has 2 nitrogen and oxygen atoms in total. The summed E-state index contributed by atoms with van der Waals surface area (Å²) in [5.74, 6) is 0.593. The zero-order valence-corrected chi connectivity index (χ0v) is 9.81. The van der Waals surface area contributed by atoms with Crippen LogP contribution >= 0.6 is 11.6 Å². The second-order valence-corrected chi connectivity index (χ2v) is 3.57. The first kappa shape index (κ1) is 13.2. The second kappa shape index (κ2) is 8.79. The molecule has 1 atom stereocenters. The summed E-state index contributed by atoms with van der Waals surface area (Å²) in [5.41, 5.74) is 0. The van der Waals surface area contributed by atoms with Crippen molar-refractivity contribution >= 4 is 11.6 Å². The summed E-state index contributed by atoms with van der Waals surface area (Å²) in [7, 11) is 0. The third kappa shape index (κ3) is 6.30. The van der Waals surface area contributed by atoms with Crippen molar-refractivity contribution < 1.29 is 4.74 Å². The summed E-state index contributed by atoms with van der Waals surface area (Å²) in [6.07, 6.45) is 1.20. The quantitative estimate of drug-likeness (QED) is 0.448. The van der Waals surface area contributed by atoms with Crippen LogP contribution in [0.5, 0.6) is 0 Å². The van der Waals surface area contributed by atoms with Crippen LogP contribution in [0.3, 0.4) is 0 Å². The van der Waals surface area contributed by atoms with Gasteiger partial charge < -0.3 is 4.74 Å². The standard InChI is InChI=1S/C10H22ClNO/c1-4-10(3)12(5-2)7-9-13-8-6-11/h10H,4-9H2,1-3H3. The lowest BCUT2D eigenvalue weighted by atomic mass is 10.2. The van der Waals surface area contributed by atoms with Crippen molar-refractivity contribution in [1.29, 1.82) is 0 Å². The van der Waals surface area contributed by atoms with E-state index in [1.54, 1.807) is 0 Å². The van der Waals surface area contributed by atoms with E-state index in [1.165, 1.54) is 6.42 Å². The fourth-order valence-corrected chi connectivity index (χ4v) is 1.40. The van der Waals surface area contributed by atoms with E-state index in [0.29, 0.717) is 18.5 Å². The molecule has 0 bridgehead atoms. The van der Waals surface area contributed by atoms with Crippen LogP contribution in [0.4, 0.5) is 0 Å². The number of rotatable bonds is 8. The summed E-state index contributed by atoms with van der Waals surface area (Å²) in [6, 6.07) is 0.657. The maximum Gasteiger partial charge on any atom is 0.0602 e. The number of nitrogens with zero attached hydrogens (tertiary/aromatic N) is 1. The molecule has 3 heteroatoms. The SMILES string of the molecule is CCC(C)N(CC)CCOCCCl. The van der Waals surface area contributed by atoms with Gasteiger partial charge in [0, 0.05) is 18.5 Å². The molecule has 0 saturated heterocycles. The lowest BCUT2D eigenvalue weighted by molar-refractivity contribution is 0.100. The number of hydrogen-bond donors (Lipinski definition) is 0. The predicted molar refractivity (Wildman–Crippen MR) is 58.5 cm³/mol. The Balaban J connectivity index is 3.47. The minimum Gasteiger partial charge on any atom is -0.379 e. The molecule has 0 radical (unpaired) electrons. The molecule has 0 aromatic heterocycles. The minimum absolute atomic E-state index is 0.593. The molecule has 0 saturated carbocycles. The Morgan fingerprint density at radius 3 is 2.46 bits per heavy atom. The number of ether oxygens (including phenoxy) is 1. The van der Waals surface area contributed by atoms with Crippen molar-refractivity contribution in [1.82, 2.24) is 4.90 Å². The first-order valence-corrected chi connectivity index (χ1v) is 5.67. The fraction of sp³-hybridized carbons (Fsp3) is 1.00. The van der Waals surface area contributed by atoms with Crippen molar-refractivity contribution in [2.24, 2.45) is 0 Å². The van der Waals surface area contributed by atoms with E-state index in [-0.39, 0.29) is 0 Å². The molecule has 0 spiro atoms. The van der Waals surface area contributed by atoms with E-state index in [0.717, 1.165) is 19.7 Å². The molecule has 0 aromatic carbocycles. The van der Waals surface area contributed by atoms with Crippen LogP contribution in [0.2, 0.25) is 0 Å². The van der Waals surface area contributed by atoms with Crippen LogP contribution in [0.15, 0.2) is 0 Å². The molecule has 0 aliphatic carbocycles. The molecule has 0 aliphatic rings. The van der Waals surface area contributed by atoms with E-state index in [4.69, 9.17) is 16.3 Å². The normalized spacial score (nSPS) is 13.6. The average Bonchev–Trinajstić information content (AvgIpc) is 2.17. The zero-order valence-electron chi connectivity index (χ0n) is 9.05. The average molecular weight is 208 g/mol. The smallest absolute Gasteiger partial charge is 0.0602 e. The highest BCUT2D eigenvalue weighted by Crippen LogP contribution is 2.01. The van der Waals surface area contributed by atoms with Gasteiger partial charge in [-0.1, -0.05) is 13.8 Å². The van der Waals surface area contributed by atoms with Crippen molar-refractivity contribution in [3.63, 3.8) is 0 Å². The molecule has 0 N–H and O–H groups in total. The highest BCUT2D eigenvalue weighted by atomic mass is 35.5. The van der Waals surface area contributed by atoms with Gasteiger partial charge in [0.1, 0.15) is 0 Å². The van der Waals surface area contributed by atoms with Gasteiger partial charge in [0.2, 0.25) is 0 Å². The molecule has 0 rings (SSSR count). The maximum absolute atomic E-state index is 5.50. The van der Waals surface area contributed by atoms with Crippen LogP contribution < -0.4 is 0 Å². The molecule has 0 amide bonds. The highest BCUT2D eigenvalue weighted by Gasteiger charge is 2.08. The van der Waals surface area contributed by atoms with Gasteiger partial charge in [0.05, 0.1) is 13.2 Å². The Morgan fingerprint density at radius 1 is 1.31 bits per heavy atom. The van der Waals surface area contributed by atoms with E-state index >= 15 is 0 Å². The van der Waals surface area contributed by atoms with E-state index < -0.39 is 0 Å². The molecule has 0 aromatic rings. The summed E-state index contributed by atoms with van der Waals surface area (Å²) < 4.78 is 5.34. The Labute approximate surface area is 87.2 Å². The monoisotopic (exact) mass is 207 g/mol. The fourth-order valence-electron chi connectivity index (χ4n) is 1.29. The summed E-state index contributed by atoms with van der Waals surface area (Å²) in [6.45, 7) is 10.2. The number of alkyl halides is 1. The molecule has 1 unspecified atom stereocenters. The first-order chi connectivity index (χ1) is 6.26. The van der Waals surface area contributed by atoms with Gasteiger partial charge >= 0.3 is 0 Å². The largest absolute Gasteiger partial charge is 0.379 e. The highest BCUT2D eigenvalue weighted by molar-refractivity contribution is 6.17. The molecular weight excluding hydrogens is 186 g/mol. The Kier molecular flexibility index (Phi) is 8.93. The third-order valence-corrected chi connectivity index (χ3v) is 2.52. The summed E-state index contributed by atoms with van der Waals surface area (Å²) in [5, 5.41) is 0. The van der Waals surface area contributed by atoms with Crippen molar-refractivity contribution in [2.75, 3.05) is 32.2 Å². The van der Waals surface area contributed by atoms with Gasteiger partial charge in [0.25, 0.3) is 0 Å². The molecule has 13 heavy (non-hydrogen) atoms. The molecule has 0 fully saturated rings. The van der Waals surface area contributed by atoms with E-state index in [1.807, 2.05) is 0 Å². The topological polar surface area (TPSA) is 12.5 Å². The van der Waals surface area contributed by atoms with Crippen molar-refractivity contribution in [2.45, 2.75) is 33.2 Å². The number of likely N-dealkylation sites (N-methyl/N-ethyl adjacent to an activating group) is 1. The van der Waals surface area contributed by atoms with Crippen molar-refractivity contribution in [3.05, 3.63) is 0 Å². The second-order valence-electron chi connectivity index (χ2n) is 3.19. The van der Waals surface area contributed by atoms with Gasteiger partial charge in [0.15, 0.2) is 0 Å². The zero-order chi connectivity index (χ0) is 10.1. The summed E-state index contributed by atoms with van der Waals surface area (Å²) >= 11 is 5.50. The molecule has 0 aliphatic heterocycles. The predicted octanol–water partition coefficient (Wildman–Crippen LogP) is 2.36. The third-order valence-electron chi connectivity index (χ3n) is 2.36. The molecular formula is C10H22ClNO. The Hall–Kier alpha value is 0.210. The van der Waals surface area contributed by atoms with E-state index in [9.17, 15) is 0 Å². The van der Waals surface area contributed by atoms with Gasteiger partial charge in [-0.2, -0.15) is 0 Å². The lowest BCUT2D eigenvalue weighted by Gasteiger charge is -2.26. The van der Waals surface area contributed by atoms with Gasteiger partial charge in [-0.25, -0.2) is 0 Å². The van der Waals surface area contributed by atoms with Crippen LogP contribution in [0.1, 0.15) is 27.2 Å². The molecule has 0 heterocycles. The van der Waals surface area contributed by atoms with Gasteiger partial charge in [-0.05, 0) is 19.9 Å². The van der Waals surface area contributed by atoms with Crippen molar-refractivity contribution in [3.8, 4) is 0 Å². The first-order valence-electron chi connectivity index (χ1n) is 5.14. The van der Waals surface area contributed by atoms with Crippen LogP contribution in [-0.2, 0) is 4.74 Å². The Morgan fingerprint density at radius 2 is 2.00 bits per heavy atom. The van der Waals surface area contributed by atoms with Gasteiger partial charge in [-0.3, -0.25) is 4.90 Å². The minimum atomic E-state index is 0.593.